The Balaban J connectivity index is 2.60. The van der Waals surface area contributed by atoms with Crippen molar-refractivity contribution in [2.45, 2.75) is 85.4 Å². The fourth-order valence-corrected chi connectivity index (χ4v) is 3.79. The van der Waals surface area contributed by atoms with E-state index >= 15 is 0 Å². The highest BCUT2D eigenvalue weighted by Crippen LogP contribution is 2.36. The average Bonchev–Trinajstić information content (AvgIpc) is 2.57. The van der Waals surface area contributed by atoms with Gasteiger partial charge >= 0.3 is 0 Å². The van der Waals surface area contributed by atoms with Gasteiger partial charge in [-0.1, -0.05) is 54.4 Å². The molecule has 0 bridgehead atoms. The predicted octanol–water partition coefficient (Wildman–Crippen LogP) is 6.93. The smallest absolute Gasteiger partial charge is 0.232 e. The topological polar surface area (TPSA) is 29.5 Å². The van der Waals surface area contributed by atoms with E-state index in [2.05, 4.69) is 33.9 Å². The van der Waals surface area contributed by atoms with E-state index in [1.807, 2.05) is 0 Å². The maximum absolute atomic E-state index is 14.3. The summed E-state index contributed by atoms with van der Waals surface area (Å²) >= 11 is 0. The lowest BCUT2D eigenvalue weighted by molar-refractivity contribution is -0.125. The largest absolute Gasteiger partial charge is 0.417 e. The average molecular weight is 428 g/mol. The van der Waals surface area contributed by atoms with Crippen molar-refractivity contribution in [3.63, 3.8) is 0 Å². The van der Waals surface area contributed by atoms with Gasteiger partial charge in [0.2, 0.25) is 5.91 Å². The molecule has 6 heteroatoms. The maximum atomic E-state index is 14.3. The fourth-order valence-electron chi connectivity index (χ4n) is 2.70. The van der Waals surface area contributed by atoms with Crippen LogP contribution in [0.25, 0.3) is 0 Å². The van der Waals surface area contributed by atoms with E-state index in [0.29, 0.717) is 6.54 Å². The minimum absolute atomic E-state index is 0.0196. The normalized spacial score (nSPS) is 12.9. The standard InChI is InChI=1S/C23H39F2NO2Si/c1-22(2,3)21(27)26(20-17-18(24)13-14-19(20)25)15-11-9-10-12-16-28-29(7,8)23(4,5)6/h13-14,17H,9-12,15-16H2,1-8H3. The van der Waals surface area contributed by atoms with Crippen molar-refractivity contribution in [2.75, 3.05) is 18.1 Å². The quantitative estimate of drug-likeness (QED) is 0.316. The number of unbranched alkanes of at least 4 members (excludes halogenated alkanes) is 3. The third kappa shape index (κ3) is 7.82. The molecule has 0 saturated carbocycles. The summed E-state index contributed by atoms with van der Waals surface area (Å²) in [4.78, 5) is 14.2. The molecule has 1 amide bonds. The van der Waals surface area contributed by atoms with Crippen molar-refractivity contribution < 1.29 is 18.0 Å². The van der Waals surface area contributed by atoms with Gasteiger partial charge in [0, 0.05) is 24.6 Å². The Morgan fingerprint density at radius 1 is 1.00 bits per heavy atom. The van der Waals surface area contributed by atoms with E-state index in [1.54, 1.807) is 20.8 Å². The molecule has 0 aliphatic heterocycles. The van der Waals surface area contributed by atoms with Gasteiger partial charge in [0.05, 0.1) is 5.69 Å². The highest BCUT2D eigenvalue weighted by molar-refractivity contribution is 6.74. The lowest BCUT2D eigenvalue weighted by Crippen LogP contribution is -2.41. The Kier molecular flexibility index (Phi) is 9.03. The van der Waals surface area contributed by atoms with E-state index in [9.17, 15) is 13.6 Å². The molecule has 0 spiro atoms. The number of rotatable bonds is 9. The third-order valence-corrected chi connectivity index (χ3v) is 10.2. The first-order valence-corrected chi connectivity index (χ1v) is 13.5. The fraction of sp³-hybridized carbons (Fsp3) is 0.696. The van der Waals surface area contributed by atoms with Gasteiger partial charge in [-0.05, 0) is 43.1 Å². The molecule has 1 rings (SSSR count). The molecule has 0 unspecified atom stereocenters. The number of carbonyl (C=O) groups is 1. The molecule has 1 aromatic carbocycles. The van der Waals surface area contributed by atoms with Crippen molar-refractivity contribution in [1.29, 1.82) is 0 Å². The number of hydrogen-bond donors (Lipinski definition) is 0. The minimum Gasteiger partial charge on any atom is -0.417 e. The van der Waals surface area contributed by atoms with Crippen LogP contribution in [0.5, 0.6) is 0 Å². The number of hydrogen-bond acceptors (Lipinski definition) is 2. The molecule has 0 N–H and O–H groups in total. The summed E-state index contributed by atoms with van der Waals surface area (Å²) in [5.74, 6) is -1.33. The first-order chi connectivity index (χ1) is 13.2. The summed E-state index contributed by atoms with van der Waals surface area (Å²) in [6, 6.07) is 3.25. The van der Waals surface area contributed by atoms with Crippen molar-refractivity contribution in [3.8, 4) is 0 Å². The van der Waals surface area contributed by atoms with Crippen LogP contribution in [-0.4, -0.2) is 27.4 Å². The second-order valence-electron chi connectivity index (χ2n) is 10.3. The van der Waals surface area contributed by atoms with Crippen LogP contribution >= 0.6 is 0 Å². The van der Waals surface area contributed by atoms with Crippen molar-refractivity contribution >= 4 is 19.9 Å². The number of benzene rings is 1. The maximum Gasteiger partial charge on any atom is 0.232 e. The molecule has 1 aromatic rings. The number of anilines is 1. The summed E-state index contributed by atoms with van der Waals surface area (Å²) in [5, 5.41) is 0.204. The van der Waals surface area contributed by atoms with Crippen LogP contribution in [0, 0.1) is 17.0 Å². The molecule has 0 aliphatic rings. The molecule has 0 aromatic heterocycles. The van der Waals surface area contributed by atoms with E-state index in [-0.39, 0.29) is 16.6 Å². The lowest BCUT2D eigenvalue weighted by atomic mass is 9.94. The Morgan fingerprint density at radius 2 is 1.59 bits per heavy atom. The van der Waals surface area contributed by atoms with Crippen LogP contribution in [0.15, 0.2) is 18.2 Å². The Morgan fingerprint density at radius 3 is 2.14 bits per heavy atom. The van der Waals surface area contributed by atoms with Crippen LogP contribution in [0.4, 0.5) is 14.5 Å². The number of halogens is 2. The first kappa shape index (κ1) is 25.8. The molecule has 3 nitrogen and oxygen atoms in total. The Hall–Kier alpha value is -1.27. The van der Waals surface area contributed by atoms with E-state index < -0.39 is 25.4 Å². The van der Waals surface area contributed by atoms with Crippen molar-refractivity contribution in [2.24, 2.45) is 5.41 Å². The zero-order valence-electron chi connectivity index (χ0n) is 19.5. The summed E-state index contributed by atoms with van der Waals surface area (Å²) in [7, 11) is -1.71. The van der Waals surface area contributed by atoms with E-state index in [0.717, 1.165) is 50.5 Å². The van der Waals surface area contributed by atoms with Gasteiger partial charge in [-0.3, -0.25) is 4.79 Å². The molecule has 29 heavy (non-hydrogen) atoms. The summed E-state index contributed by atoms with van der Waals surface area (Å²) in [6.07, 6.45) is 3.59. The number of carbonyl (C=O) groups excluding carboxylic acids is 1. The van der Waals surface area contributed by atoms with E-state index in [1.165, 1.54) is 4.90 Å². The molecule has 0 fully saturated rings. The molecular weight excluding hydrogens is 388 g/mol. The van der Waals surface area contributed by atoms with Gasteiger partial charge in [0.25, 0.3) is 0 Å². The molecule has 0 radical (unpaired) electrons. The molecule has 0 saturated heterocycles. The molecule has 0 heterocycles. The summed E-state index contributed by atoms with van der Waals surface area (Å²) < 4.78 is 34.1. The highest BCUT2D eigenvalue weighted by atomic mass is 28.4. The van der Waals surface area contributed by atoms with Crippen LogP contribution < -0.4 is 4.90 Å². The van der Waals surface area contributed by atoms with Gasteiger partial charge in [0.1, 0.15) is 11.6 Å². The third-order valence-electron chi connectivity index (χ3n) is 5.63. The second kappa shape index (κ2) is 10.2. The number of amides is 1. The molecular formula is C23H39F2NO2Si. The van der Waals surface area contributed by atoms with Gasteiger partial charge in [-0.25, -0.2) is 8.78 Å². The van der Waals surface area contributed by atoms with Gasteiger partial charge < -0.3 is 9.33 Å². The highest BCUT2D eigenvalue weighted by Gasteiger charge is 2.36. The second-order valence-corrected chi connectivity index (χ2v) is 15.1. The first-order valence-electron chi connectivity index (χ1n) is 10.6. The molecule has 0 aliphatic carbocycles. The van der Waals surface area contributed by atoms with Crippen molar-refractivity contribution in [1.82, 2.24) is 0 Å². The van der Waals surface area contributed by atoms with Gasteiger partial charge in [-0.2, -0.15) is 0 Å². The zero-order valence-corrected chi connectivity index (χ0v) is 20.5. The monoisotopic (exact) mass is 427 g/mol. The van der Waals surface area contributed by atoms with Crippen LogP contribution in [-0.2, 0) is 9.22 Å². The molecule has 0 atom stereocenters. The number of nitrogens with zero attached hydrogens (tertiary/aromatic N) is 1. The van der Waals surface area contributed by atoms with Crippen molar-refractivity contribution in [3.05, 3.63) is 29.8 Å². The van der Waals surface area contributed by atoms with Crippen LogP contribution in [0.1, 0.15) is 67.2 Å². The van der Waals surface area contributed by atoms with E-state index in [4.69, 9.17) is 4.43 Å². The van der Waals surface area contributed by atoms with Crippen LogP contribution in [0.3, 0.4) is 0 Å². The zero-order chi connectivity index (χ0) is 22.5. The Bertz CT molecular complexity index is 678. The van der Waals surface area contributed by atoms with Gasteiger partial charge in [-0.15, -0.1) is 0 Å². The SMILES string of the molecule is CC(C)(C)C(=O)N(CCCCCCO[Si](C)(C)C(C)(C)C)c1cc(F)ccc1F. The van der Waals surface area contributed by atoms with Gasteiger partial charge in [0.15, 0.2) is 8.32 Å². The Labute approximate surface area is 177 Å². The lowest BCUT2D eigenvalue weighted by Gasteiger charge is -2.36. The summed E-state index contributed by atoms with van der Waals surface area (Å²) in [5.41, 5.74) is -0.651. The van der Waals surface area contributed by atoms with Crippen LogP contribution in [0.2, 0.25) is 18.1 Å². The predicted molar refractivity (Wildman–Crippen MR) is 120 cm³/mol. The summed E-state index contributed by atoms with van der Waals surface area (Å²) in [6.45, 7) is 17.7. The molecule has 166 valence electrons. The minimum atomic E-state index is -1.71.